The maximum Gasteiger partial charge on any atom is 0.258 e. The Kier molecular flexibility index (Phi) is 1.65. The maximum absolute atomic E-state index is 13.0. The number of nitrogens with one attached hydrogen (secondary N) is 1. The number of hydrogen-bond acceptors (Lipinski definition) is 2. The first-order valence-corrected chi connectivity index (χ1v) is 4.81. The first-order chi connectivity index (χ1) is 7.68. The Morgan fingerprint density at radius 3 is 3.00 bits per heavy atom. The summed E-state index contributed by atoms with van der Waals surface area (Å²) in [5.41, 5.74) is 1.04. The van der Waals surface area contributed by atoms with E-state index in [0.29, 0.717) is 16.4 Å². The third-order valence-corrected chi connectivity index (χ3v) is 2.73. The second-order valence-corrected chi connectivity index (χ2v) is 3.63. The molecule has 3 rings (SSSR count). The van der Waals surface area contributed by atoms with Crippen molar-refractivity contribution in [3.05, 3.63) is 40.7 Å². The average molecular weight is 217 g/mol. The summed E-state index contributed by atoms with van der Waals surface area (Å²) in [6.07, 6.45) is 1.57. The van der Waals surface area contributed by atoms with Crippen LogP contribution in [0.1, 0.15) is 0 Å². The van der Waals surface area contributed by atoms with E-state index in [2.05, 4.69) is 9.97 Å². The van der Waals surface area contributed by atoms with Gasteiger partial charge in [-0.15, -0.1) is 0 Å². The van der Waals surface area contributed by atoms with Crippen LogP contribution >= 0.6 is 0 Å². The van der Waals surface area contributed by atoms with Crippen molar-refractivity contribution in [2.45, 2.75) is 0 Å². The van der Waals surface area contributed by atoms with Crippen LogP contribution in [0.3, 0.4) is 0 Å². The van der Waals surface area contributed by atoms with Crippen LogP contribution in [0, 0.1) is 5.95 Å². The Balaban J connectivity index is 2.71. The molecule has 0 fully saturated rings. The number of H-pyrrole nitrogens is 1. The normalized spacial score (nSPS) is 11.4. The Hall–Kier alpha value is -2.17. The van der Waals surface area contributed by atoms with Crippen LogP contribution < -0.4 is 5.56 Å². The molecule has 0 radical (unpaired) electrons. The van der Waals surface area contributed by atoms with Crippen LogP contribution in [0.4, 0.5) is 4.39 Å². The second-order valence-electron chi connectivity index (χ2n) is 3.63. The first-order valence-electron chi connectivity index (χ1n) is 4.81. The molecule has 0 aliphatic rings. The molecule has 0 saturated heterocycles. The van der Waals surface area contributed by atoms with Gasteiger partial charge in [-0.3, -0.25) is 4.79 Å². The number of rotatable bonds is 0. The van der Waals surface area contributed by atoms with Gasteiger partial charge >= 0.3 is 0 Å². The maximum atomic E-state index is 13.0. The van der Waals surface area contributed by atoms with Crippen LogP contribution in [0.2, 0.25) is 0 Å². The van der Waals surface area contributed by atoms with Gasteiger partial charge in [-0.05, 0) is 18.2 Å². The number of hydrogen-bond donors (Lipinski definition) is 1. The quantitative estimate of drug-likeness (QED) is 0.581. The molecule has 0 saturated carbocycles. The van der Waals surface area contributed by atoms with Crippen LogP contribution in [-0.4, -0.2) is 14.5 Å². The van der Waals surface area contributed by atoms with Crippen molar-refractivity contribution in [3.8, 4) is 0 Å². The minimum Gasteiger partial charge on any atom is -0.328 e. The predicted octanol–water partition coefficient (Wildman–Crippen LogP) is 1.55. The van der Waals surface area contributed by atoms with Crippen LogP contribution in [0.25, 0.3) is 21.9 Å². The molecule has 3 heterocycles. The highest BCUT2D eigenvalue weighted by Gasteiger charge is 2.12. The summed E-state index contributed by atoms with van der Waals surface area (Å²) in [6.45, 7) is 0. The summed E-state index contributed by atoms with van der Waals surface area (Å²) >= 11 is 0. The third kappa shape index (κ3) is 1.02. The average Bonchev–Trinajstić information content (AvgIpc) is 2.55. The van der Waals surface area contributed by atoms with E-state index >= 15 is 0 Å². The standard InChI is InChI=1S/C11H8FN3O/c1-15-7-4-5-13-11(16)9(7)6-2-3-8(12)14-10(6)15/h2-5H,1H3,(H,13,16). The lowest BCUT2D eigenvalue weighted by atomic mass is 10.2. The van der Waals surface area contributed by atoms with Crippen molar-refractivity contribution in [2.24, 2.45) is 7.05 Å². The fourth-order valence-electron chi connectivity index (χ4n) is 2.00. The monoisotopic (exact) mass is 217 g/mol. The number of aromatic nitrogens is 3. The lowest BCUT2D eigenvalue weighted by Gasteiger charge is -1.95. The number of fused-ring (bicyclic) bond motifs is 3. The molecular weight excluding hydrogens is 209 g/mol. The van der Waals surface area contributed by atoms with E-state index in [9.17, 15) is 9.18 Å². The topological polar surface area (TPSA) is 50.7 Å². The summed E-state index contributed by atoms with van der Waals surface area (Å²) < 4.78 is 14.7. The van der Waals surface area contributed by atoms with Gasteiger partial charge in [0.2, 0.25) is 5.95 Å². The molecule has 0 spiro atoms. The van der Waals surface area contributed by atoms with Crippen molar-refractivity contribution in [1.82, 2.24) is 14.5 Å². The summed E-state index contributed by atoms with van der Waals surface area (Å²) in [5.74, 6) is -0.546. The molecule has 0 amide bonds. The molecule has 0 aliphatic carbocycles. The smallest absolute Gasteiger partial charge is 0.258 e. The molecule has 3 aromatic heterocycles. The number of aromatic amines is 1. The van der Waals surface area contributed by atoms with Gasteiger partial charge in [-0.25, -0.2) is 4.98 Å². The van der Waals surface area contributed by atoms with Gasteiger partial charge in [0.05, 0.1) is 10.9 Å². The van der Waals surface area contributed by atoms with Crippen molar-refractivity contribution in [1.29, 1.82) is 0 Å². The summed E-state index contributed by atoms with van der Waals surface area (Å²) in [4.78, 5) is 18.1. The van der Waals surface area contributed by atoms with E-state index in [4.69, 9.17) is 0 Å². The number of halogens is 1. The van der Waals surface area contributed by atoms with E-state index in [-0.39, 0.29) is 5.56 Å². The molecule has 3 aromatic rings. The molecule has 0 unspecified atom stereocenters. The Morgan fingerprint density at radius 1 is 1.38 bits per heavy atom. The first kappa shape index (κ1) is 9.08. The zero-order valence-corrected chi connectivity index (χ0v) is 8.49. The zero-order valence-electron chi connectivity index (χ0n) is 8.49. The SMILES string of the molecule is Cn1c2cc[nH]c(=O)c2c2ccc(F)nc21. The molecule has 0 atom stereocenters. The van der Waals surface area contributed by atoms with Gasteiger partial charge in [0, 0.05) is 18.6 Å². The zero-order chi connectivity index (χ0) is 11.3. The van der Waals surface area contributed by atoms with Crippen molar-refractivity contribution in [3.63, 3.8) is 0 Å². The second kappa shape index (κ2) is 2.91. The highest BCUT2D eigenvalue weighted by Crippen LogP contribution is 2.23. The minimum atomic E-state index is -0.546. The van der Waals surface area contributed by atoms with Gasteiger partial charge in [-0.1, -0.05) is 0 Å². The number of pyridine rings is 2. The predicted molar refractivity (Wildman–Crippen MR) is 58.8 cm³/mol. The fourth-order valence-corrected chi connectivity index (χ4v) is 2.00. The summed E-state index contributed by atoms with van der Waals surface area (Å²) in [5, 5.41) is 1.22. The molecule has 80 valence electrons. The van der Waals surface area contributed by atoms with Gasteiger partial charge in [0.15, 0.2) is 0 Å². The van der Waals surface area contributed by atoms with E-state index in [1.165, 1.54) is 6.07 Å². The summed E-state index contributed by atoms with van der Waals surface area (Å²) in [7, 11) is 1.76. The van der Waals surface area contributed by atoms with Gasteiger partial charge < -0.3 is 9.55 Å². The molecule has 0 bridgehead atoms. The Labute approximate surface area is 89.3 Å². The van der Waals surface area contributed by atoms with Crippen LogP contribution in [-0.2, 0) is 7.05 Å². The third-order valence-electron chi connectivity index (χ3n) is 2.73. The van der Waals surface area contributed by atoms with Crippen molar-refractivity contribution < 1.29 is 4.39 Å². The van der Waals surface area contributed by atoms with E-state index in [0.717, 1.165) is 5.52 Å². The van der Waals surface area contributed by atoms with E-state index < -0.39 is 5.95 Å². The molecule has 16 heavy (non-hydrogen) atoms. The molecule has 1 N–H and O–H groups in total. The van der Waals surface area contributed by atoms with Gasteiger partial charge in [-0.2, -0.15) is 4.39 Å². The molecule has 4 nitrogen and oxygen atoms in total. The summed E-state index contributed by atoms with van der Waals surface area (Å²) in [6, 6.07) is 4.61. The number of aryl methyl sites for hydroxylation is 1. The van der Waals surface area contributed by atoms with Crippen LogP contribution in [0.5, 0.6) is 0 Å². The highest BCUT2D eigenvalue weighted by molar-refractivity contribution is 6.05. The molecule has 5 heteroatoms. The van der Waals surface area contributed by atoms with Crippen molar-refractivity contribution in [2.75, 3.05) is 0 Å². The molecule has 0 aromatic carbocycles. The lowest BCUT2D eigenvalue weighted by molar-refractivity contribution is 0.587. The minimum absolute atomic E-state index is 0.184. The Morgan fingerprint density at radius 2 is 2.19 bits per heavy atom. The van der Waals surface area contributed by atoms with Crippen molar-refractivity contribution >= 4 is 21.9 Å². The van der Waals surface area contributed by atoms with Gasteiger partial charge in [0.25, 0.3) is 5.56 Å². The van der Waals surface area contributed by atoms with E-state index in [1.54, 1.807) is 29.9 Å². The molecule has 0 aliphatic heterocycles. The Bertz CT molecular complexity index is 757. The van der Waals surface area contributed by atoms with Crippen LogP contribution in [0.15, 0.2) is 29.2 Å². The lowest BCUT2D eigenvalue weighted by Crippen LogP contribution is -2.03. The molecular formula is C11H8FN3O. The van der Waals surface area contributed by atoms with E-state index in [1.807, 2.05) is 0 Å². The highest BCUT2D eigenvalue weighted by atomic mass is 19.1. The van der Waals surface area contributed by atoms with Gasteiger partial charge in [0.1, 0.15) is 5.65 Å². The fraction of sp³-hybridized carbons (Fsp3) is 0.0909. The number of nitrogens with zero attached hydrogens (tertiary/aromatic N) is 2. The largest absolute Gasteiger partial charge is 0.328 e.